The van der Waals surface area contributed by atoms with Crippen LogP contribution in [0.3, 0.4) is 0 Å². The predicted octanol–water partition coefficient (Wildman–Crippen LogP) is 4.34. The zero-order valence-electron chi connectivity index (χ0n) is 18.3. The molecule has 1 aliphatic heterocycles. The molecule has 2 aromatic carbocycles. The third-order valence-electron chi connectivity index (χ3n) is 5.32. The van der Waals surface area contributed by atoms with E-state index < -0.39 is 0 Å². The molecule has 1 aliphatic rings. The maximum atomic E-state index is 13.5. The number of imide groups is 1. The maximum absolute atomic E-state index is 13.5. The minimum absolute atomic E-state index is 0.229. The van der Waals surface area contributed by atoms with Gasteiger partial charge in [0.2, 0.25) is 0 Å². The minimum Gasteiger partial charge on any atom is -0.382 e. The number of anilines is 1. The molecule has 0 unspecified atom stereocenters. The second-order valence-electron chi connectivity index (χ2n) is 7.43. The van der Waals surface area contributed by atoms with Crippen LogP contribution in [0.2, 0.25) is 0 Å². The number of hydrogen-bond acceptors (Lipinski definition) is 4. The van der Waals surface area contributed by atoms with E-state index in [0.717, 1.165) is 22.4 Å². The van der Waals surface area contributed by atoms with Gasteiger partial charge in [0.1, 0.15) is 5.70 Å². The van der Waals surface area contributed by atoms with Gasteiger partial charge in [0, 0.05) is 32.0 Å². The molecule has 0 aliphatic carbocycles. The van der Waals surface area contributed by atoms with Gasteiger partial charge in [0.05, 0.1) is 5.57 Å². The van der Waals surface area contributed by atoms with E-state index in [1.165, 1.54) is 4.90 Å². The smallest absolute Gasteiger partial charge is 0.278 e. The van der Waals surface area contributed by atoms with Crippen LogP contribution in [-0.4, -0.2) is 43.0 Å². The van der Waals surface area contributed by atoms with E-state index in [9.17, 15) is 9.59 Å². The van der Waals surface area contributed by atoms with Gasteiger partial charge in [-0.25, -0.2) is 0 Å². The van der Waals surface area contributed by atoms with Crippen molar-refractivity contribution >= 4 is 23.1 Å². The third kappa shape index (κ3) is 4.31. The number of rotatable bonds is 9. The van der Waals surface area contributed by atoms with Crippen molar-refractivity contribution in [2.75, 3.05) is 31.2 Å². The van der Waals surface area contributed by atoms with Gasteiger partial charge in [-0.05, 0) is 57.4 Å². The first-order chi connectivity index (χ1) is 14.5. The van der Waals surface area contributed by atoms with Crippen LogP contribution in [-0.2, 0) is 14.3 Å². The first-order valence-corrected chi connectivity index (χ1v) is 10.6. The summed E-state index contributed by atoms with van der Waals surface area (Å²) < 4.78 is 5.40. The lowest BCUT2D eigenvalue weighted by Crippen LogP contribution is -2.36. The van der Waals surface area contributed by atoms with Crippen LogP contribution in [0.1, 0.15) is 37.0 Å². The number of ether oxygens (including phenoxy) is 1. The Morgan fingerprint density at radius 1 is 0.967 bits per heavy atom. The fourth-order valence-electron chi connectivity index (χ4n) is 3.90. The summed E-state index contributed by atoms with van der Waals surface area (Å²) in [6.07, 6.45) is 0.621. The number of hydrogen-bond donors (Lipinski definition) is 0. The summed E-state index contributed by atoms with van der Waals surface area (Å²) in [4.78, 5) is 30.3. The van der Waals surface area contributed by atoms with Crippen molar-refractivity contribution in [2.24, 2.45) is 0 Å². The van der Waals surface area contributed by atoms with E-state index in [1.807, 2.05) is 81.1 Å². The van der Waals surface area contributed by atoms with Gasteiger partial charge in [0.25, 0.3) is 11.8 Å². The Labute approximate surface area is 178 Å². The Kier molecular flexibility index (Phi) is 7.06. The average Bonchev–Trinajstić information content (AvgIpc) is 2.97. The summed E-state index contributed by atoms with van der Waals surface area (Å²) in [7, 11) is 0. The highest BCUT2D eigenvalue weighted by Gasteiger charge is 2.41. The lowest BCUT2D eigenvalue weighted by molar-refractivity contribution is -0.137. The van der Waals surface area contributed by atoms with Crippen LogP contribution < -0.4 is 4.90 Å². The van der Waals surface area contributed by atoms with E-state index in [2.05, 4.69) is 0 Å². The van der Waals surface area contributed by atoms with E-state index in [4.69, 9.17) is 4.74 Å². The zero-order chi connectivity index (χ0) is 21.7. The Balaban J connectivity index is 2.08. The summed E-state index contributed by atoms with van der Waals surface area (Å²) in [5, 5.41) is 0. The minimum atomic E-state index is -0.239. The van der Waals surface area contributed by atoms with Crippen LogP contribution >= 0.6 is 0 Å². The van der Waals surface area contributed by atoms with Gasteiger partial charge < -0.3 is 9.64 Å². The SMILES string of the molecule is CCOCCCN1C(=O)C(c2ccc(C)cc2C)=C(N(CC)c2ccccc2)C1=O. The molecular formula is C25H30N2O3. The lowest BCUT2D eigenvalue weighted by atomic mass is 9.97. The number of nitrogens with zero attached hydrogens (tertiary/aromatic N) is 2. The first kappa shape index (κ1) is 21.8. The molecule has 0 saturated carbocycles. The predicted molar refractivity (Wildman–Crippen MR) is 120 cm³/mol. The second kappa shape index (κ2) is 9.72. The molecule has 5 heteroatoms. The van der Waals surface area contributed by atoms with Crippen LogP contribution in [0.4, 0.5) is 5.69 Å². The molecule has 2 amide bonds. The lowest BCUT2D eigenvalue weighted by Gasteiger charge is -2.25. The van der Waals surface area contributed by atoms with Crippen molar-refractivity contribution in [1.82, 2.24) is 4.90 Å². The molecule has 0 N–H and O–H groups in total. The topological polar surface area (TPSA) is 49.9 Å². The van der Waals surface area contributed by atoms with Gasteiger partial charge in [-0.2, -0.15) is 0 Å². The molecule has 0 saturated heterocycles. The first-order valence-electron chi connectivity index (χ1n) is 10.6. The zero-order valence-corrected chi connectivity index (χ0v) is 18.3. The molecule has 2 aromatic rings. The quantitative estimate of drug-likeness (QED) is 0.459. The van der Waals surface area contributed by atoms with Crippen molar-refractivity contribution in [2.45, 2.75) is 34.1 Å². The van der Waals surface area contributed by atoms with Gasteiger partial charge in [0.15, 0.2) is 0 Å². The second-order valence-corrected chi connectivity index (χ2v) is 7.43. The summed E-state index contributed by atoms with van der Waals surface area (Å²) in [5.41, 5.74) is 4.77. The fourth-order valence-corrected chi connectivity index (χ4v) is 3.90. The highest BCUT2D eigenvalue weighted by molar-refractivity contribution is 6.37. The average molecular weight is 407 g/mol. The van der Waals surface area contributed by atoms with Crippen LogP contribution in [0.15, 0.2) is 54.2 Å². The maximum Gasteiger partial charge on any atom is 0.278 e. The standard InChI is InChI=1S/C25H30N2O3/c1-5-26(20-11-8-7-9-12-20)23-22(21-14-13-18(3)17-19(21)4)24(28)27(25(23)29)15-10-16-30-6-2/h7-9,11-14,17H,5-6,10,15-16H2,1-4H3. The molecule has 0 fully saturated rings. The van der Waals surface area contributed by atoms with Crippen LogP contribution in [0, 0.1) is 13.8 Å². The Hall–Kier alpha value is -2.92. The number of likely N-dealkylation sites (N-methyl/N-ethyl adjacent to an activating group) is 1. The van der Waals surface area contributed by atoms with Crippen LogP contribution in [0.5, 0.6) is 0 Å². The molecule has 5 nitrogen and oxygen atoms in total. The van der Waals surface area contributed by atoms with E-state index in [0.29, 0.717) is 44.0 Å². The van der Waals surface area contributed by atoms with E-state index in [1.54, 1.807) is 0 Å². The van der Waals surface area contributed by atoms with Crippen molar-refractivity contribution in [3.05, 3.63) is 70.9 Å². The monoisotopic (exact) mass is 406 g/mol. The summed E-state index contributed by atoms with van der Waals surface area (Å²) in [6, 6.07) is 15.7. The number of aryl methyl sites for hydroxylation is 2. The summed E-state index contributed by atoms with van der Waals surface area (Å²) in [5.74, 6) is -0.468. The molecule has 0 aromatic heterocycles. The van der Waals surface area contributed by atoms with Gasteiger partial charge >= 0.3 is 0 Å². The third-order valence-corrected chi connectivity index (χ3v) is 5.32. The van der Waals surface area contributed by atoms with Crippen molar-refractivity contribution < 1.29 is 14.3 Å². The molecule has 158 valence electrons. The van der Waals surface area contributed by atoms with Crippen LogP contribution in [0.25, 0.3) is 5.57 Å². The molecule has 1 heterocycles. The highest BCUT2D eigenvalue weighted by Crippen LogP contribution is 2.35. The fraction of sp³-hybridized carbons (Fsp3) is 0.360. The van der Waals surface area contributed by atoms with E-state index in [-0.39, 0.29) is 11.8 Å². The number of carbonyl (C=O) groups excluding carboxylic acids is 2. The Morgan fingerprint density at radius 3 is 2.33 bits per heavy atom. The Bertz CT molecular complexity index is 950. The van der Waals surface area contributed by atoms with Crippen molar-refractivity contribution in [3.8, 4) is 0 Å². The molecule has 0 radical (unpaired) electrons. The normalized spacial score (nSPS) is 14.1. The molecule has 0 spiro atoms. The summed E-state index contributed by atoms with van der Waals surface area (Å²) in [6.45, 7) is 10.0. The molecule has 0 bridgehead atoms. The number of benzene rings is 2. The summed E-state index contributed by atoms with van der Waals surface area (Å²) >= 11 is 0. The number of para-hydroxylation sites is 1. The number of amides is 2. The van der Waals surface area contributed by atoms with Gasteiger partial charge in [-0.1, -0.05) is 42.0 Å². The Morgan fingerprint density at radius 2 is 1.70 bits per heavy atom. The molecule has 0 atom stereocenters. The van der Waals surface area contributed by atoms with Gasteiger partial charge in [-0.15, -0.1) is 0 Å². The van der Waals surface area contributed by atoms with Crippen molar-refractivity contribution in [3.63, 3.8) is 0 Å². The van der Waals surface area contributed by atoms with Gasteiger partial charge in [-0.3, -0.25) is 14.5 Å². The largest absolute Gasteiger partial charge is 0.382 e. The van der Waals surface area contributed by atoms with Crippen molar-refractivity contribution in [1.29, 1.82) is 0 Å². The number of carbonyl (C=O) groups is 2. The molecule has 3 rings (SSSR count). The van der Waals surface area contributed by atoms with E-state index >= 15 is 0 Å². The highest BCUT2D eigenvalue weighted by atomic mass is 16.5. The molecule has 30 heavy (non-hydrogen) atoms. The molecular weight excluding hydrogens is 376 g/mol.